The predicted molar refractivity (Wildman–Crippen MR) is 127 cm³/mol. The molecular weight excluding hydrogens is 602 g/mol. The number of benzene rings is 2. The Hall–Kier alpha value is -0.673. The summed E-state index contributed by atoms with van der Waals surface area (Å²) in [5, 5.41) is 5.59. The van der Waals surface area contributed by atoms with Crippen LogP contribution in [0.1, 0.15) is 42.5 Å². The molecule has 0 aromatic heterocycles. The van der Waals surface area contributed by atoms with E-state index in [0.717, 1.165) is 12.8 Å². The molecule has 0 atom stereocenters. The fourth-order valence-corrected chi connectivity index (χ4v) is 8.19. The van der Waals surface area contributed by atoms with Gasteiger partial charge in [0.1, 0.15) is 0 Å². The molecule has 1 saturated heterocycles. The first-order valence-corrected chi connectivity index (χ1v) is 18.2. The number of hydrogen-bond donors (Lipinski definition) is 0. The van der Waals surface area contributed by atoms with Gasteiger partial charge < -0.3 is 24.8 Å². The Balaban J connectivity index is 0.000000242. The normalized spacial score (nSPS) is 12.0. The number of aryl methyl sites for hydroxylation is 4. The van der Waals surface area contributed by atoms with Crippen LogP contribution in [0, 0.1) is 13.8 Å². The van der Waals surface area contributed by atoms with Gasteiger partial charge >= 0.3 is 47.0 Å². The van der Waals surface area contributed by atoms with Gasteiger partial charge in [-0.05, 0) is 26.7 Å². The van der Waals surface area contributed by atoms with Crippen LogP contribution in [0.15, 0.2) is 60.7 Å². The minimum absolute atomic E-state index is 0. The van der Waals surface area contributed by atoms with E-state index in [2.05, 4.69) is 88.4 Å². The number of hydrogen-bond acceptors (Lipinski definition) is 0. The van der Waals surface area contributed by atoms with Crippen LogP contribution in [0.3, 0.4) is 0 Å². The molecule has 0 N–H and O–H groups in total. The molecular formula is C27H32Cl2HfSi-2. The maximum absolute atomic E-state index is 2.30. The Labute approximate surface area is 215 Å². The van der Waals surface area contributed by atoms with Crippen LogP contribution >= 0.6 is 0 Å². The summed E-state index contributed by atoms with van der Waals surface area (Å²) in [6.45, 7) is 8.73. The average Bonchev–Trinajstić information content (AvgIpc) is 3.32. The van der Waals surface area contributed by atoms with Gasteiger partial charge in [0.25, 0.3) is 0 Å². The van der Waals surface area contributed by atoms with E-state index in [0.29, 0.717) is 5.49 Å². The number of fused-ring (bicyclic) bond motifs is 2. The van der Waals surface area contributed by atoms with Crippen molar-refractivity contribution in [2.24, 2.45) is 0 Å². The monoisotopic (exact) mass is 634 g/mol. The van der Waals surface area contributed by atoms with Crippen LogP contribution in [-0.2, 0) is 35.8 Å². The fourth-order valence-electron chi connectivity index (χ4n) is 3.67. The first-order chi connectivity index (χ1) is 14.0. The van der Waals surface area contributed by atoms with Gasteiger partial charge in [-0.1, -0.05) is 37.1 Å². The zero-order valence-electron chi connectivity index (χ0n) is 19.1. The summed E-state index contributed by atoms with van der Waals surface area (Å²) in [6.07, 6.45) is 3.83. The van der Waals surface area contributed by atoms with E-state index >= 15 is 0 Å². The molecule has 4 heteroatoms. The summed E-state index contributed by atoms with van der Waals surface area (Å²) in [7, 11) is 0. The summed E-state index contributed by atoms with van der Waals surface area (Å²) >= 11 is 1.56. The van der Waals surface area contributed by atoms with Crippen molar-refractivity contribution in [2.45, 2.75) is 59.0 Å². The maximum atomic E-state index is 2.30. The molecule has 1 fully saturated rings. The molecule has 0 nitrogen and oxygen atoms in total. The molecule has 0 aliphatic carbocycles. The minimum atomic E-state index is 0. The first kappa shape index (κ1) is 28.4. The van der Waals surface area contributed by atoms with Crippen LogP contribution in [0.2, 0.25) is 12.1 Å². The van der Waals surface area contributed by atoms with Crippen molar-refractivity contribution in [1.82, 2.24) is 0 Å². The van der Waals surface area contributed by atoms with Gasteiger partial charge in [-0.3, -0.25) is 0 Å². The second-order valence-electron chi connectivity index (χ2n) is 8.05. The molecule has 1 aliphatic heterocycles. The van der Waals surface area contributed by atoms with Crippen molar-refractivity contribution in [1.29, 1.82) is 0 Å². The van der Waals surface area contributed by atoms with Gasteiger partial charge in [0.2, 0.25) is 0 Å². The summed E-state index contributed by atoms with van der Waals surface area (Å²) in [4.78, 5) is 0. The topological polar surface area (TPSA) is 0 Å². The standard InChI is InChI=1S/2C12H13.C3H6Si.2ClH.Hf/c2*1-3-10-7-11-6-4-5-9(2)12(11)8-10;1-2-4-3-1;;;/h2*4-8H,3H2,1-2H3;1-3H2;2*1H;/q2*-1;;;;+2/p-2. The summed E-state index contributed by atoms with van der Waals surface area (Å²) < 4.78 is 0. The molecule has 164 valence electrons. The Morgan fingerprint density at radius 2 is 1.16 bits per heavy atom. The van der Waals surface area contributed by atoms with E-state index in [9.17, 15) is 0 Å². The predicted octanol–water partition coefficient (Wildman–Crippen LogP) is 1.80. The SMILES string of the molecule is CCc1cc2c(C)cccc2[cH-]1.CCc1cc2c(C)cccc2[cH-]1.[Cl-].[Cl-].[Hf+2]=[Si]1CCC1. The Kier molecular flexibility index (Phi) is 12.6. The number of halogens is 2. The second kappa shape index (κ2) is 13.8. The molecule has 0 radical (unpaired) electrons. The molecule has 1 heterocycles. The molecule has 31 heavy (non-hydrogen) atoms. The van der Waals surface area contributed by atoms with Crippen LogP contribution in [0.5, 0.6) is 0 Å². The van der Waals surface area contributed by atoms with E-state index in [1.165, 1.54) is 43.8 Å². The Morgan fingerprint density at radius 1 is 0.774 bits per heavy atom. The summed E-state index contributed by atoms with van der Waals surface area (Å²) in [5.41, 5.74) is 6.10. The quantitative estimate of drug-likeness (QED) is 0.234. The van der Waals surface area contributed by atoms with Gasteiger partial charge in [-0.15, -0.1) is 69.1 Å². The molecule has 0 spiro atoms. The molecule has 0 unspecified atom stereocenters. The molecule has 5 rings (SSSR count). The van der Waals surface area contributed by atoms with E-state index < -0.39 is 0 Å². The van der Waals surface area contributed by atoms with E-state index in [1.807, 2.05) is 0 Å². The van der Waals surface area contributed by atoms with Gasteiger partial charge in [-0.25, -0.2) is 0 Å². The third-order valence-electron chi connectivity index (χ3n) is 5.83. The van der Waals surface area contributed by atoms with Gasteiger partial charge in [-0.2, -0.15) is 12.1 Å². The van der Waals surface area contributed by atoms with Gasteiger partial charge in [0.05, 0.1) is 0 Å². The van der Waals surface area contributed by atoms with E-state index in [-0.39, 0.29) is 24.8 Å². The second-order valence-corrected chi connectivity index (χ2v) is 17.9. The van der Waals surface area contributed by atoms with Crippen LogP contribution < -0.4 is 24.8 Å². The van der Waals surface area contributed by atoms with Gasteiger partial charge in [0, 0.05) is 0 Å². The molecule has 1 aliphatic rings. The Morgan fingerprint density at radius 3 is 1.42 bits per heavy atom. The van der Waals surface area contributed by atoms with Gasteiger partial charge in [0.15, 0.2) is 0 Å². The fraction of sp³-hybridized carbons (Fsp3) is 0.333. The van der Waals surface area contributed by atoms with Crippen LogP contribution in [-0.4, -0.2) is 5.49 Å². The summed E-state index contributed by atoms with van der Waals surface area (Å²) in [5.74, 6) is 0. The third-order valence-corrected chi connectivity index (χ3v) is 13.1. The third kappa shape index (κ3) is 7.70. The zero-order valence-corrected chi connectivity index (χ0v) is 25.2. The van der Waals surface area contributed by atoms with Crippen molar-refractivity contribution in [3.63, 3.8) is 0 Å². The molecule has 0 bridgehead atoms. The van der Waals surface area contributed by atoms with Crippen LogP contribution in [0.4, 0.5) is 0 Å². The van der Waals surface area contributed by atoms with Crippen molar-refractivity contribution >= 4 is 27.0 Å². The number of rotatable bonds is 2. The van der Waals surface area contributed by atoms with E-state index in [1.54, 1.807) is 41.5 Å². The molecule has 4 aromatic carbocycles. The molecule has 0 amide bonds. The molecule has 0 saturated carbocycles. The van der Waals surface area contributed by atoms with Crippen LogP contribution in [0.25, 0.3) is 21.5 Å². The zero-order chi connectivity index (χ0) is 20.8. The van der Waals surface area contributed by atoms with Crippen molar-refractivity contribution in [2.75, 3.05) is 0 Å². The van der Waals surface area contributed by atoms with Crippen molar-refractivity contribution in [3.8, 4) is 0 Å². The summed E-state index contributed by atoms with van der Waals surface area (Å²) in [6, 6.07) is 25.4. The average molecular weight is 634 g/mol. The van der Waals surface area contributed by atoms with Crippen molar-refractivity contribution < 1.29 is 47.8 Å². The Bertz CT molecular complexity index is 1020. The van der Waals surface area contributed by atoms with E-state index in [4.69, 9.17) is 0 Å². The molecule has 4 aromatic rings. The first-order valence-electron chi connectivity index (χ1n) is 10.9. The van der Waals surface area contributed by atoms with Crippen molar-refractivity contribution in [3.05, 3.63) is 82.9 Å².